The summed E-state index contributed by atoms with van der Waals surface area (Å²) >= 11 is 0. The van der Waals surface area contributed by atoms with Crippen LogP contribution in [0.25, 0.3) is 5.52 Å². The first-order valence-electron chi connectivity index (χ1n) is 3.94. The third kappa shape index (κ3) is 0.975. The van der Waals surface area contributed by atoms with Crippen LogP contribution in [0.2, 0.25) is 0 Å². The third-order valence-electron chi connectivity index (χ3n) is 2.04. The zero-order valence-corrected chi connectivity index (χ0v) is 7.44. The van der Waals surface area contributed by atoms with Crippen LogP contribution in [0, 0.1) is 25.2 Å². The molecule has 64 valence electrons. The van der Waals surface area contributed by atoms with Crippen LogP contribution in [0.1, 0.15) is 17.0 Å². The van der Waals surface area contributed by atoms with Crippen LogP contribution in [0.15, 0.2) is 12.4 Å². The predicted molar refractivity (Wildman–Crippen MR) is 47.2 cm³/mol. The van der Waals surface area contributed by atoms with Crippen LogP contribution in [-0.2, 0) is 0 Å². The van der Waals surface area contributed by atoms with E-state index in [0.717, 1.165) is 16.8 Å². The highest BCUT2D eigenvalue weighted by Crippen LogP contribution is 2.15. The van der Waals surface area contributed by atoms with Crippen molar-refractivity contribution in [2.24, 2.45) is 0 Å². The highest BCUT2D eigenvalue weighted by atomic mass is 15.2. The van der Waals surface area contributed by atoms with Crippen molar-refractivity contribution in [3.8, 4) is 6.07 Å². The molecule has 0 N–H and O–H groups in total. The lowest BCUT2D eigenvalue weighted by atomic mass is 10.2. The molecule has 0 bridgehead atoms. The fourth-order valence-corrected chi connectivity index (χ4v) is 1.49. The molecule has 13 heavy (non-hydrogen) atoms. The van der Waals surface area contributed by atoms with Gasteiger partial charge in [0.25, 0.3) is 0 Å². The molecule has 2 aromatic heterocycles. The van der Waals surface area contributed by atoms with Crippen molar-refractivity contribution < 1.29 is 0 Å². The maximum Gasteiger partial charge on any atom is 0.143 e. The average Bonchev–Trinajstić information content (AvgIpc) is 2.44. The molecule has 0 aromatic carbocycles. The highest BCUT2D eigenvalue weighted by molar-refractivity contribution is 5.60. The van der Waals surface area contributed by atoms with Gasteiger partial charge in [-0.05, 0) is 25.5 Å². The molecule has 0 aliphatic carbocycles. The van der Waals surface area contributed by atoms with Crippen molar-refractivity contribution in [3.63, 3.8) is 0 Å². The molecule has 4 heteroatoms. The van der Waals surface area contributed by atoms with Gasteiger partial charge in [0.1, 0.15) is 18.1 Å². The second-order valence-electron chi connectivity index (χ2n) is 2.93. The van der Waals surface area contributed by atoms with Crippen molar-refractivity contribution in [2.45, 2.75) is 13.8 Å². The van der Waals surface area contributed by atoms with Gasteiger partial charge in [-0.25, -0.2) is 9.50 Å². The van der Waals surface area contributed by atoms with E-state index in [1.54, 1.807) is 4.52 Å². The molecule has 0 atom stereocenters. The molecular weight excluding hydrogens is 164 g/mol. The van der Waals surface area contributed by atoms with Crippen molar-refractivity contribution in [1.29, 1.82) is 5.26 Å². The first kappa shape index (κ1) is 7.74. The van der Waals surface area contributed by atoms with E-state index >= 15 is 0 Å². The maximum absolute atomic E-state index is 8.81. The Morgan fingerprint density at radius 1 is 1.46 bits per heavy atom. The molecule has 0 aliphatic rings. The van der Waals surface area contributed by atoms with Gasteiger partial charge in [0.2, 0.25) is 0 Å². The first-order valence-corrected chi connectivity index (χ1v) is 3.94. The Morgan fingerprint density at radius 2 is 2.23 bits per heavy atom. The first-order chi connectivity index (χ1) is 6.24. The number of rotatable bonds is 0. The normalized spacial score (nSPS) is 10.2. The molecule has 0 saturated heterocycles. The average molecular weight is 172 g/mol. The van der Waals surface area contributed by atoms with Crippen LogP contribution in [0.5, 0.6) is 0 Å². The molecule has 0 unspecified atom stereocenters. The minimum absolute atomic E-state index is 0.554. The van der Waals surface area contributed by atoms with E-state index in [1.165, 1.54) is 6.33 Å². The Balaban J connectivity index is 2.98. The molecule has 2 heterocycles. The fraction of sp³-hybridized carbons (Fsp3) is 0.222. The molecular formula is C9H8N4. The van der Waals surface area contributed by atoms with Crippen LogP contribution in [0.4, 0.5) is 0 Å². The van der Waals surface area contributed by atoms with E-state index in [2.05, 4.69) is 16.2 Å². The number of aryl methyl sites for hydroxylation is 2. The van der Waals surface area contributed by atoms with Gasteiger partial charge < -0.3 is 0 Å². The minimum Gasteiger partial charge on any atom is -0.238 e. The van der Waals surface area contributed by atoms with Crippen molar-refractivity contribution >= 4 is 5.52 Å². The SMILES string of the molecule is Cc1cc(C#N)n2ncnc(C)c12. The molecule has 0 aliphatic heterocycles. The summed E-state index contributed by atoms with van der Waals surface area (Å²) in [6.45, 7) is 3.86. The smallest absolute Gasteiger partial charge is 0.143 e. The summed E-state index contributed by atoms with van der Waals surface area (Å²) < 4.78 is 1.62. The molecule has 4 nitrogen and oxygen atoms in total. The van der Waals surface area contributed by atoms with E-state index < -0.39 is 0 Å². The maximum atomic E-state index is 8.81. The Kier molecular flexibility index (Phi) is 1.52. The lowest BCUT2D eigenvalue weighted by Gasteiger charge is -1.97. The summed E-state index contributed by atoms with van der Waals surface area (Å²) in [5.41, 5.74) is 3.42. The zero-order valence-electron chi connectivity index (χ0n) is 7.44. The van der Waals surface area contributed by atoms with Gasteiger partial charge in [-0.3, -0.25) is 0 Å². The second-order valence-corrected chi connectivity index (χ2v) is 2.93. The molecule has 0 radical (unpaired) electrons. The molecule has 0 spiro atoms. The van der Waals surface area contributed by atoms with Gasteiger partial charge in [-0.2, -0.15) is 10.4 Å². The van der Waals surface area contributed by atoms with E-state index in [0.29, 0.717) is 5.69 Å². The van der Waals surface area contributed by atoms with Gasteiger partial charge in [-0.15, -0.1) is 0 Å². The summed E-state index contributed by atoms with van der Waals surface area (Å²) in [5.74, 6) is 0. The number of nitriles is 1. The lowest BCUT2D eigenvalue weighted by molar-refractivity contribution is 0.874. The minimum atomic E-state index is 0.554. The third-order valence-corrected chi connectivity index (χ3v) is 2.04. The molecule has 2 rings (SSSR count). The van der Waals surface area contributed by atoms with Crippen molar-refractivity contribution in [1.82, 2.24) is 14.6 Å². The molecule has 0 fully saturated rings. The van der Waals surface area contributed by atoms with E-state index in [9.17, 15) is 0 Å². The number of fused-ring (bicyclic) bond motifs is 1. The summed E-state index contributed by atoms with van der Waals surface area (Å²) in [6, 6.07) is 3.91. The molecule has 2 aromatic rings. The lowest BCUT2D eigenvalue weighted by Crippen LogP contribution is -1.97. The quantitative estimate of drug-likeness (QED) is 0.600. The largest absolute Gasteiger partial charge is 0.238 e. The number of hydrogen-bond donors (Lipinski definition) is 0. The summed E-state index contributed by atoms with van der Waals surface area (Å²) in [7, 11) is 0. The van der Waals surface area contributed by atoms with Gasteiger partial charge >= 0.3 is 0 Å². The van der Waals surface area contributed by atoms with Crippen LogP contribution >= 0.6 is 0 Å². The van der Waals surface area contributed by atoms with Gasteiger partial charge in [0.15, 0.2) is 0 Å². The van der Waals surface area contributed by atoms with Gasteiger partial charge in [0.05, 0.1) is 11.2 Å². The van der Waals surface area contributed by atoms with E-state index in [-0.39, 0.29) is 0 Å². The van der Waals surface area contributed by atoms with Crippen molar-refractivity contribution in [3.05, 3.63) is 29.3 Å². The Hall–Kier alpha value is -1.89. The predicted octanol–water partition coefficient (Wildman–Crippen LogP) is 1.22. The number of aromatic nitrogens is 3. The van der Waals surface area contributed by atoms with Gasteiger partial charge in [-0.1, -0.05) is 0 Å². The Morgan fingerprint density at radius 3 is 2.92 bits per heavy atom. The van der Waals surface area contributed by atoms with Crippen LogP contribution in [0.3, 0.4) is 0 Å². The van der Waals surface area contributed by atoms with E-state index in [4.69, 9.17) is 5.26 Å². The van der Waals surface area contributed by atoms with Gasteiger partial charge in [0, 0.05) is 0 Å². The van der Waals surface area contributed by atoms with Crippen LogP contribution in [-0.4, -0.2) is 14.6 Å². The summed E-state index contributed by atoms with van der Waals surface area (Å²) in [6.07, 6.45) is 1.46. The Bertz CT molecular complexity index is 504. The van der Waals surface area contributed by atoms with Crippen LogP contribution < -0.4 is 0 Å². The Labute approximate surface area is 75.4 Å². The topological polar surface area (TPSA) is 54.0 Å². The number of hydrogen-bond acceptors (Lipinski definition) is 3. The van der Waals surface area contributed by atoms with Crippen molar-refractivity contribution in [2.75, 3.05) is 0 Å². The molecule has 0 amide bonds. The monoisotopic (exact) mass is 172 g/mol. The highest BCUT2D eigenvalue weighted by Gasteiger charge is 2.08. The molecule has 0 saturated carbocycles. The summed E-state index contributed by atoms with van der Waals surface area (Å²) in [4.78, 5) is 4.07. The zero-order chi connectivity index (χ0) is 9.42. The fourth-order valence-electron chi connectivity index (χ4n) is 1.49. The standard InChI is InChI=1S/C9H8N4/c1-6-3-8(4-10)13-9(6)7(2)11-5-12-13/h3,5H,1-2H3. The number of nitrogens with zero attached hydrogens (tertiary/aromatic N) is 4. The summed E-state index contributed by atoms with van der Waals surface area (Å²) in [5, 5.41) is 12.8. The second kappa shape index (κ2) is 2.56. The van der Waals surface area contributed by atoms with E-state index in [1.807, 2.05) is 19.9 Å².